The fourth-order valence-corrected chi connectivity index (χ4v) is 7.13. The predicted molar refractivity (Wildman–Crippen MR) is 114 cm³/mol. The van der Waals surface area contributed by atoms with E-state index in [-0.39, 0.29) is 29.5 Å². The fourth-order valence-electron chi connectivity index (χ4n) is 6.06. The first-order valence-corrected chi connectivity index (χ1v) is 11.4. The number of non-ortho nitro benzene ring substituents is 1. The average Bonchev–Trinajstić information content (AvgIpc) is 2.98. The normalized spacial score (nSPS) is 35.5. The zero-order chi connectivity index (χ0) is 20.9. The van der Waals surface area contributed by atoms with Crippen LogP contribution in [0.25, 0.3) is 0 Å². The smallest absolute Gasteiger partial charge is 0.269 e. The van der Waals surface area contributed by atoms with Crippen molar-refractivity contribution in [2.75, 3.05) is 5.32 Å². The van der Waals surface area contributed by atoms with Crippen LogP contribution in [-0.2, 0) is 9.59 Å². The van der Waals surface area contributed by atoms with E-state index in [2.05, 4.69) is 10.6 Å². The van der Waals surface area contributed by atoms with E-state index in [1.807, 2.05) is 0 Å². The van der Waals surface area contributed by atoms with Gasteiger partial charge in [0, 0.05) is 24.2 Å². The van der Waals surface area contributed by atoms with Crippen molar-refractivity contribution in [1.29, 1.82) is 0 Å². The van der Waals surface area contributed by atoms with Gasteiger partial charge in [0.2, 0.25) is 11.8 Å². The number of hydrogen-bond donors (Lipinski definition) is 2. The number of rotatable bonds is 5. The molecule has 0 aromatic heterocycles. The van der Waals surface area contributed by atoms with Gasteiger partial charge >= 0.3 is 0 Å². The number of amides is 2. The minimum absolute atomic E-state index is 0.0136. The second-order valence-corrected chi connectivity index (χ2v) is 10.4. The molecule has 1 aromatic rings. The van der Waals surface area contributed by atoms with Gasteiger partial charge in [-0.1, -0.05) is 11.8 Å². The minimum atomic E-state index is -0.504. The molecule has 0 spiro atoms. The number of carbonyl (C=O) groups is 2. The first kappa shape index (κ1) is 19.5. The lowest BCUT2D eigenvalue weighted by Gasteiger charge is -2.55. The molecule has 2 N–H and O–H groups in total. The summed E-state index contributed by atoms with van der Waals surface area (Å²) in [6, 6.07) is 5.64. The second-order valence-electron chi connectivity index (χ2n) is 9.21. The van der Waals surface area contributed by atoms with Crippen molar-refractivity contribution in [1.82, 2.24) is 5.32 Å². The van der Waals surface area contributed by atoms with Gasteiger partial charge in [-0.2, -0.15) is 0 Å². The van der Waals surface area contributed by atoms with Gasteiger partial charge in [0.15, 0.2) is 5.17 Å². The average molecular weight is 429 g/mol. The number of anilines is 1. The number of aliphatic imine (C=N–C) groups is 1. The summed E-state index contributed by atoms with van der Waals surface area (Å²) in [5.41, 5.74) is 0.418. The van der Waals surface area contributed by atoms with E-state index in [1.165, 1.54) is 55.3 Å². The number of nitrogens with zero attached hydrogens (tertiary/aromatic N) is 2. The molecule has 1 aliphatic heterocycles. The SMILES string of the molecule is O=C(CC1SC(=NC23CC4CC(CC(C4)C2)C3)NC1=O)Nc1ccc([N+](=O)[O-])cc1. The molecule has 1 saturated heterocycles. The summed E-state index contributed by atoms with van der Waals surface area (Å²) in [7, 11) is 0. The quantitative estimate of drug-likeness (QED) is 0.551. The molecule has 6 rings (SSSR count). The lowest BCUT2D eigenvalue weighted by atomic mass is 9.53. The highest BCUT2D eigenvalue weighted by molar-refractivity contribution is 8.15. The maximum Gasteiger partial charge on any atom is 0.269 e. The molecule has 1 unspecified atom stereocenters. The van der Waals surface area contributed by atoms with Gasteiger partial charge in [-0.3, -0.25) is 24.7 Å². The lowest BCUT2D eigenvalue weighted by molar-refractivity contribution is -0.384. The van der Waals surface area contributed by atoms with Crippen molar-refractivity contribution in [2.24, 2.45) is 22.7 Å². The Labute approximate surface area is 178 Å². The molecule has 4 saturated carbocycles. The largest absolute Gasteiger partial charge is 0.326 e. The van der Waals surface area contributed by atoms with Gasteiger partial charge in [-0.05, 0) is 68.4 Å². The van der Waals surface area contributed by atoms with Crippen LogP contribution in [0, 0.1) is 27.9 Å². The first-order chi connectivity index (χ1) is 14.4. The van der Waals surface area contributed by atoms with Crippen LogP contribution < -0.4 is 10.6 Å². The number of nitro benzene ring substituents is 1. The van der Waals surface area contributed by atoms with Gasteiger partial charge in [0.05, 0.1) is 10.5 Å². The summed E-state index contributed by atoms with van der Waals surface area (Å²) < 4.78 is 0. The van der Waals surface area contributed by atoms with E-state index in [0.29, 0.717) is 10.9 Å². The highest BCUT2D eigenvalue weighted by atomic mass is 32.2. The third-order valence-electron chi connectivity index (χ3n) is 6.85. The number of thioether (sulfide) groups is 1. The van der Waals surface area contributed by atoms with Crippen LogP contribution in [0.4, 0.5) is 11.4 Å². The Bertz CT molecular complexity index is 894. The van der Waals surface area contributed by atoms with Crippen molar-refractivity contribution in [3.05, 3.63) is 34.4 Å². The van der Waals surface area contributed by atoms with Crippen molar-refractivity contribution in [2.45, 2.75) is 55.7 Å². The number of nitrogens with one attached hydrogen (secondary N) is 2. The Balaban J connectivity index is 1.21. The number of carbonyl (C=O) groups excluding carboxylic acids is 2. The maximum absolute atomic E-state index is 12.4. The van der Waals surface area contributed by atoms with Gasteiger partial charge in [0.1, 0.15) is 5.25 Å². The molecule has 5 fully saturated rings. The predicted octanol–water partition coefficient (Wildman–Crippen LogP) is 3.48. The second kappa shape index (κ2) is 7.37. The molecular weight excluding hydrogens is 404 g/mol. The number of benzene rings is 1. The van der Waals surface area contributed by atoms with Crippen molar-refractivity contribution >= 4 is 40.1 Å². The van der Waals surface area contributed by atoms with E-state index in [4.69, 9.17) is 4.99 Å². The van der Waals surface area contributed by atoms with Crippen LogP contribution in [-0.4, -0.2) is 32.7 Å². The highest BCUT2D eigenvalue weighted by Gasteiger charge is 2.51. The van der Waals surface area contributed by atoms with E-state index in [0.717, 1.165) is 37.0 Å². The van der Waals surface area contributed by atoms with Gasteiger partial charge in [0.25, 0.3) is 5.69 Å². The Morgan fingerprint density at radius 3 is 2.33 bits per heavy atom. The van der Waals surface area contributed by atoms with Crippen molar-refractivity contribution in [3.63, 3.8) is 0 Å². The molecule has 0 radical (unpaired) electrons. The minimum Gasteiger partial charge on any atom is -0.326 e. The maximum atomic E-state index is 12.4. The molecule has 1 aromatic carbocycles. The number of hydrogen-bond acceptors (Lipinski definition) is 6. The van der Waals surface area contributed by atoms with Crippen LogP contribution in [0.5, 0.6) is 0 Å². The van der Waals surface area contributed by atoms with Gasteiger partial charge < -0.3 is 10.6 Å². The monoisotopic (exact) mass is 428 g/mol. The van der Waals surface area contributed by atoms with Crippen molar-refractivity contribution in [3.8, 4) is 0 Å². The summed E-state index contributed by atoms with van der Waals surface area (Å²) in [4.78, 5) is 40.0. The molecule has 4 aliphatic carbocycles. The summed E-state index contributed by atoms with van der Waals surface area (Å²) in [5, 5.41) is 16.5. The number of nitro groups is 1. The fraction of sp³-hybridized carbons (Fsp3) is 0.571. The topological polar surface area (TPSA) is 114 Å². The third kappa shape index (κ3) is 3.82. The summed E-state index contributed by atoms with van der Waals surface area (Å²) in [6.07, 6.45) is 7.45. The first-order valence-electron chi connectivity index (χ1n) is 10.5. The molecule has 5 aliphatic rings. The summed E-state index contributed by atoms with van der Waals surface area (Å²) in [6.45, 7) is 0. The Morgan fingerprint density at radius 2 is 1.77 bits per heavy atom. The zero-order valence-corrected chi connectivity index (χ0v) is 17.3. The van der Waals surface area contributed by atoms with E-state index >= 15 is 0 Å². The van der Waals surface area contributed by atoms with Gasteiger partial charge in [-0.15, -0.1) is 0 Å². The summed E-state index contributed by atoms with van der Waals surface area (Å²) >= 11 is 1.35. The van der Waals surface area contributed by atoms with Crippen molar-refractivity contribution < 1.29 is 14.5 Å². The highest BCUT2D eigenvalue weighted by Crippen LogP contribution is 2.57. The molecule has 158 valence electrons. The standard InChI is InChI=1S/C21H24N4O4S/c26-18(22-15-1-3-16(4-2-15)25(28)29)8-17-19(27)23-20(30-17)24-21-9-12-5-13(10-21)7-14(6-12)11-21/h1-4,12-14,17H,5-11H2,(H,22,26)(H,23,24,27). The Kier molecular flexibility index (Phi) is 4.80. The third-order valence-corrected chi connectivity index (χ3v) is 7.94. The molecular formula is C21H24N4O4S. The molecule has 4 bridgehead atoms. The van der Waals surface area contributed by atoms with Crippen LogP contribution >= 0.6 is 11.8 Å². The van der Waals surface area contributed by atoms with Crippen LogP contribution in [0.15, 0.2) is 29.3 Å². The van der Waals surface area contributed by atoms with Crippen LogP contribution in [0.3, 0.4) is 0 Å². The molecule has 8 nitrogen and oxygen atoms in total. The zero-order valence-electron chi connectivity index (χ0n) is 16.5. The molecule has 1 atom stereocenters. The van der Waals surface area contributed by atoms with Crippen LogP contribution in [0.2, 0.25) is 0 Å². The van der Waals surface area contributed by atoms with E-state index < -0.39 is 10.2 Å². The van der Waals surface area contributed by atoms with E-state index in [9.17, 15) is 19.7 Å². The Morgan fingerprint density at radius 1 is 1.17 bits per heavy atom. The van der Waals surface area contributed by atoms with Gasteiger partial charge in [-0.25, -0.2) is 0 Å². The van der Waals surface area contributed by atoms with Crippen LogP contribution in [0.1, 0.15) is 44.9 Å². The molecule has 30 heavy (non-hydrogen) atoms. The number of amidine groups is 1. The lowest BCUT2D eigenvalue weighted by Crippen LogP contribution is -2.50. The van der Waals surface area contributed by atoms with E-state index in [1.54, 1.807) is 0 Å². The molecule has 2 amide bonds. The Hall–Kier alpha value is -2.42. The molecule has 1 heterocycles. The summed E-state index contributed by atoms with van der Waals surface area (Å²) in [5.74, 6) is 1.87. The molecule has 9 heteroatoms.